The molecule has 0 aliphatic heterocycles. The Morgan fingerprint density at radius 2 is 1.71 bits per heavy atom. The summed E-state index contributed by atoms with van der Waals surface area (Å²) in [6.45, 7) is 1.46. The van der Waals surface area contributed by atoms with Gasteiger partial charge in [0.05, 0.1) is 16.9 Å². The van der Waals surface area contributed by atoms with Gasteiger partial charge in [-0.2, -0.15) is 8.78 Å². The van der Waals surface area contributed by atoms with E-state index in [0.29, 0.717) is 5.56 Å². The van der Waals surface area contributed by atoms with Crippen LogP contribution in [0.15, 0.2) is 41.1 Å². The molecule has 2 aromatic heterocycles. The zero-order valence-corrected chi connectivity index (χ0v) is 18.9. The van der Waals surface area contributed by atoms with Crippen molar-refractivity contribution in [3.05, 3.63) is 48.1 Å². The largest absolute Gasteiger partial charge is 0.573 e. The van der Waals surface area contributed by atoms with Gasteiger partial charge in [-0.3, -0.25) is 0 Å². The van der Waals surface area contributed by atoms with Crippen LogP contribution in [0.25, 0.3) is 11.5 Å². The third-order valence-electron chi connectivity index (χ3n) is 4.73. The molecule has 2 heterocycles. The number of anilines is 1. The molecule has 2 unspecified atom stereocenters. The van der Waals surface area contributed by atoms with Crippen molar-refractivity contribution in [1.82, 2.24) is 24.9 Å². The van der Waals surface area contributed by atoms with Crippen molar-refractivity contribution in [2.24, 2.45) is 0 Å². The van der Waals surface area contributed by atoms with Crippen LogP contribution in [0.3, 0.4) is 0 Å². The number of hydrogen-bond acceptors (Lipinski definition) is 9. The topological polar surface area (TPSA) is 132 Å². The van der Waals surface area contributed by atoms with E-state index in [9.17, 15) is 30.4 Å². The van der Waals surface area contributed by atoms with Gasteiger partial charge in [0, 0.05) is 12.4 Å². The number of ether oxygens (including phenoxy) is 1. The second-order valence-corrected chi connectivity index (χ2v) is 9.45. The molecule has 3 rings (SSSR count). The summed E-state index contributed by atoms with van der Waals surface area (Å²) in [6, 6.07) is 4.13. The highest BCUT2D eigenvalue weighted by molar-refractivity contribution is 7.90. The third kappa shape index (κ3) is 7.05. The van der Waals surface area contributed by atoms with E-state index in [2.05, 4.69) is 34.9 Å². The van der Waals surface area contributed by atoms with Gasteiger partial charge in [-0.05, 0) is 38.1 Å². The molecule has 35 heavy (non-hydrogen) atoms. The van der Waals surface area contributed by atoms with Crippen LogP contribution < -0.4 is 14.8 Å². The SMILES string of the molecule is CNS(=O)(=O)C(C)CC(Nc1ncc(-c2nnc(C(F)F)o2)cn1)c1ccc(OC(F)(F)F)cc1. The maximum absolute atomic E-state index is 12.6. The molecule has 2 atom stereocenters. The lowest BCUT2D eigenvalue weighted by Gasteiger charge is -2.23. The standard InChI is InChI=1S/C19H19F5N6O4S/c1-10(35(31,32)25-2)7-14(11-3-5-13(6-4-11)34-19(22,23)24)28-18-26-8-12(9-27-18)16-29-30-17(33-16)15(20)21/h3-6,8-10,14-15,25H,7H2,1-2H3,(H,26,27,28). The molecule has 0 aliphatic carbocycles. The summed E-state index contributed by atoms with van der Waals surface area (Å²) in [6.07, 6.45) is -5.36. The Morgan fingerprint density at radius 3 is 2.23 bits per heavy atom. The highest BCUT2D eigenvalue weighted by atomic mass is 32.2. The van der Waals surface area contributed by atoms with Crippen molar-refractivity contribution < 1.29 is 39.5 Å². The first-order valence-electron chi connectivity index (χ1n) is 9.86. The predicted octanol–water partition coefficient (Wildman–Crippen LogP) is 3.84. The summed E-state index contributed by atoms with van der Waals surface area (Å²) >= 11 is 0. The van der Waals surface area contributed by atoms with Gasteiger partial charge in [0.25, 0.3) is 11.8 Å². The minimum atomic E-state index is -4.86. The second-order valence-electron chi connectivity index (χ2n) is 7.15. The van der Waals surface area contributed by atoms with Crippen molar-refractivity contribution >= 4 is 16.0 Å². The minimum Gasteiger partial charge on any atom is -0.415 e. The fraction of sp³-hybridized carbons (Fsp3) is 0.368. The van der Waals surface area contributed by atoms with Crippen molar-refractivity contribution in [2.75, 3.05) is 12.4 Å². The van der Waals surface area contributed by atoms with Crippen LogP contribution in [0.4, 0.5) is 27.9 Å². The van der Waals surface area contributed by atoms with Crippen molar-refractivity contribution in [2.45, 2.75) is 37.4 Å². The molecular formula is C19H19F5N6O4S. The fourth-order valence-corrected chi connectivity index (χ4v) is 3.80. The Labute approximate surface area is 196 Å². The summed E-state index contributed by atoms with van der Waals surface area (Å²) in [4.78, 5) is 8.11. The highest BCUT2D eigenvalue weighted by Gasteiger charge is 2.31. The van der Waals surface area contributed by atoms with E-state index in [4.69, 9.17) is 4.42 Å². The van der Waals surface area contributed by atoms with Crippen LogP contribution in [0.2, 0.25) is 0 Å². The van der Waals surface area contributed by atoms with Crippen LogP contribution in [0, 0.1) is 0 Å². The molecule has 0 saturated carbocycles. The normalized spacial score (nSPS) is 14.1. The number of nitrogens with one attached hydrogen (secondary N) is 2. The number of rotatable bonds is 10. The van der Waals surface area contributed by atoms with Gasteiger partial charge in [0.15, 0.2) is 0 Å². The minimum absolute atomic E-state index is 0.00479. The van der Waals surface area contributed by atoms with E-state index in [-0.39, 0.29) is 23.8 Å². The molecule has 16 heteroatoms. The van der Waals surface area contributed by atoms with Crippen LogP contribution in [-0.4, -0.2) is 47.2 Å². The number of sulfonamides is 1. The van der Waals surface area contributed by atoms with E-state index >= 15 is 0 Å². The van der Waals surface area contributed by atoms with Gasteiger partial charge in [-0.1, -0.05) is 12.1 Å². The van der Waals surface area contributed by atoms with Gasteiger partial charge in [-0.25, -0.2) is 23.1 Å². The number of halogens is 5. The number of nitrogens with zero attached hydrogens (tertiary/aromatic N) is 4. The average Bonchev–Trinajstić information content (AvgIpc) is 3.29. The molecule has 190 valence electrons. The fourth-order valence-electron chi connectivity index (χ4n) is 2.95. The van der Waals surface area contributed by atoms with E-state index < -0.39 is 45.7 Å². The lowest BCUT2D eigenvalue weighted by Crippen LogP contribution is -2.32. The van der Waals surface area contributed by atoms with E-state index in [1.54, 1.807) is 0 Å². The zero-order chi connectivity index (χ0) is 25.8. The van der Waals surface area contributed by atoms with Gasteiger partial charge in [0.1, 0.15) is 5.75 Å². The molecular weight excluding hydrogens is 503 g/mol. The summed E-state index contributed by atoms with van der Waals surface area (Å²) in [5, 5.41) is 8.73. The smallest absolute Gasteiger partial charge is 0.415 e. The van der Waals surface area contributed by atoms with Gasteiger partial charge >= 0.3 is 12.8 Å². The molecule has 3 aromatic rings. The molecule has 0 saturated heterocycles. The average molecular weight is 522 g/mol. The summed E-state index contributed by atoms with van der Waals surface area (Å²) < 4.78 is 97.9. The molecule has 0 aliphatic rings. The van der Waals surface area contributed by atoms with Crippen LogP contribution in [0.5, 0.6) is 5.75 Å². The lowest BCUT2D eigenvalue weighted by molar-refractivity contribution is -0.274. The Kier molecular flexibility index (Phi) is 7.84. The first-order valence-corrected chi connectivity index (χ1v) is 11.4. The quantitative estimate of drug-likeness (QED) is 0.381. The van der Waals surface area contributed by atoms with Crippen LogP contribution in [-0.2, 0) is 10.0 Å². The van der Waals surface area contributed by atoms with Gasteiger partial charge in [0.2, 0.25) is 16.0 Å². The molecule has 0 bridgehead atoms. The first kappa shape index (κ1) is 26.2. The maximum Gasteiger partial charge on any atom is 0.573 e. The third-order valence-corrected chi connectivity index (χ3v) is 6.55. The lowest BCUT2D eigenvalue weighted by atomic mass is 10.0. The summed E-state index contributed by atoms with van der Waals surface area (Å²) in [5.74, 6) is -1.51. The Morgan fingerprint density at radius 1 is 1.09 bits per heavy atom. The van der Waals surface area contributed by atoms with Crippen molar-refractivity contribution in [3.63, 3.8) is 0 Å². The second kappa shape index (κ2) is 10.5. The van der Waals surface area contributed by atoms with Crippen LogP contribution >= 0.6 is 0 Å². The Balaban J connectivity index is 1.83. The molecule has 2 N–H and O–H groups in total. The predicted molar refractivity (Wildman–Crippen MR) is 112 cm³/mol. The van der Waals surface area contributed by atoms with Crippen molar-refractivity contribution in [1.29, 1.82) is 0 Å². The number of alkyl halides is 5. The molecule has 10 nitrogen and oxygen atoms in total. The molecule has 0 amide bonds. The van der Waals surface area contributed by atoms with Gasteiger partial charge < -0.3 is 14.5 Å². The van der Waals surface area contributed by atoms with E-state index in [0.717, 1.165) is 12.1 Å². The first-order chi connectivity index (χ1) is 16.4. The maximum atomic E-state index is 12.6. The van der Waals surface area contributed by atoms with Gasteiger partial charge in [-0.15, -0.1) is 23.4 Å². The van der Waals surface area contributed by atoms with E-state index in [1.165, 1.54) is 38.5 Å². The Hall–Kier alpha value is -3.40. The highest BCUT2D eigenvalue weighted by Crippen LogP contribution is 2.29. The van der Waals surface area contributed by atoms with E-state index in [1.807, 2.05) is 0 Å². The zero-order valence-electron chi connectivity index (χ0n) is 18.1. The van der Waals surface area contributed by atoms with Crippen molar-refractivity contribution in [3.8, 4) is 17.2 Å². The molecule has 0 spiro atoms. The number of aromatic nitrogens is 4. The summed E-state index contributed by atoms with van der Waals surface area (Å²) in [5.41, 5.74) is 0.593. The molecule has 0 fully saturated rings. The van der Waals surface area contributed by atoms with Crippen LogP contribution in [0.1, 0.15) is 37.3 Å². The summed E-state index contributed by atoms with van der Waals surface area (Å²) in [7, 11) is -2.41. The molecule has 1 aromatic carbocycles. The number of hydrogen-bond donors (Lipinski definition) is 2. The molecule has 0 radical (unpaired) electrons. The Bertz CT molecular complexity index is 1220. The number of benzene rings is 1. The monoisotopic (exact) mass is 522 g/mol.